The van der Waals surface area contributed by atoms with Crippen LogP contribution in [-0.4, -0.2) is 12.9 Å². The molecular formula is C12H16O3. The van der Waals surface area contributed by atoms with Crippen LogP contribution in [0.15, 0.2) is 18.2 Å². The normalized spacial score (nSPS) is 22.8. The minimum absolute atomic E-state index is 0.0267. The van der Waals surface area contributed by atoms with Crippen LogP contribution in [0.3, 0.4) is 0 Å². The molecule has 1 aromatic rings. The van der Waals surface area contributed by atoms with Crippen LogP contribution in [0, 0.1) is 0 Å². The summed E-state index contributed by atoms with van der Waals surface area (Å²) in [7, 11) is 1.64. The molecular weight excluding hydrogens is 192 g/mol. The number of hydrogen-bond acceptors (Lipinski definition) is 3. The van der Waals surface area contributed by atoms with Gasteiger partial charge in [-0.05, 0) is 13.0 Å². The van der Waals surface area contributed by atoms with Gasteiger partial charge in [0.25, 0.3) is 0 Å². The molecule has 0 bridgehead atoms. The Morgan fingerprint density at radius 2 is 2.07 bits per heavy atom. The summed E-state index contributed by atoms with van der Waals surface area (Å²) < 4.78 is 16.8. The molecule has 1 aromatic carbocycles. The van der Waals surface area contributed by atoms with E-state index in [-0.39, 0.29) is 6.10 Å². The Hall–Kier alpha value is -1.22. The molecule has 1 heterocycles. The predicted octanol–water partition coefficient (Wildman–Crippen LogP) is 2.90. The lowest BCUT2D eigenvalue weighted by Gasteiger charge is -2.36. The van der Waals surface area contributed by atoms with Crippen LogP contribution in [0.2, 0.25) is 0 Å². The van der Waals surface area contributed by atoms with Crippen LogP contribution in [-0.2, 0) is 4.74 Å². The number of fused-ring (bicyclic) bond motifs is 1. The van der Waals surface area contributed by atoms with Crippen molar-refractivity contribution in [2.75, 3.05) is 7.11 Å². The molecule has 0 saturated heterocycles. The van der Waals surface area contributed by atoms with Crippen LogP contribution >= 0.6 is 0 Å². The third kappa shape index (κ3) is 1.79. The van der Waals surface area contributed by atoms with E-state index in [1.807, 2.05) is 39.0 Å². The number of ether oxygens (including phenoxy) is 3. The van der Waals surface area contributed by atoms with E-state index in [0.717, 1.165) is 17.1 Å². The van der Waals surface area contributed by atoms with E-state index in [0.29, 0.717) is 0 Å². The SMILES string of the molecule is COc1cccc2c1OC(C)(C)OC2C. The predicted molar refractivity (Wildman–Crippen MR) is 57.2 cm³/mol. The van der Waals surface area contributed by atoms with Gasteiger partial charge in [0.1, 0.15) is 0 Å². The Morgan fingerprint density at radius 1 is 1.33 bits per heavy atom. The Kier molecular flexibility index (Phi) is 2.35. The summed E-state index contributed by atoms with van der Waals surface area (Å²) in [5.74, 6) is 0.959. The molecule has 3 heteroatoms. The largest absolute Gasteiger partial charge is 0.493 e. The standard InChI is InChI=1S/C12H16O3/c1-8-9-6-5-7-10(13-4)11(9)15-12(2,3)14-8/h5-8H,1-4H3. The first-order chi connectivity index (χ1) is 7.03. The molecule has 0 amide bonds. The molecule has 0 spiro atoms. The third-order valence-electron chi connectivity index (χ3n) is 2.48. The van der Waals surface area contributed by atoms with Crippen molar-refractivity contribution in [3.05, 3.63) is 23.8 Å². The summed E-state index contributed by atoms with van der Waals surface area (Å²) in [6.45, 7) is 5.82. The molecule has 2 rings (SSSR count). The number of hydrogen-bond donors (Lipinski definition) is 0. The Balaban J connectivity index is 2.50. The van der Waals surface area contributed by atoms with Crippen LogP contribution in [0.1, 0.15) is 32.4 Å². The summed E-state index contributed by atoms with van der Waals surface area (Å²) >= 11 is 0. The minimum Gasteiger partial charge on any atom is -0.493 e. The summed E-state index contributed by atoms with van der Waals surface area (Å²) in [5.41, 5.74) is 1.04. The molecule has 1 aliphatic rings. The highest BCUT2D eigenvalue weighted by molar-refractivity contribution is 5.48. The van der Waals surface area contributed by atoms with Gasteiger partial charge in [0.15, 0.2) is 11.5 Å². The van der Waals surface area contributed by atoms with Crippen molar-refractivity contribution in [3.8, 4) is 11.5 Å². The molecule has 3 nitrogen and oxygen atoms in total. The van der Waals surface area contributed by atoms with E-state index < -0.39 is 5.79 Å². The molecule has 0 fully saturated rings. The molecule has 1 unspecified atom stereocenters. The highest BCUT2D eigenvalue weighted by Gasteiger charge is 2.33. The fourth-order valence-corrected chi connectivity index (χ4v) is 1.88. The van der Waals surface area contributed by atoms with Crippen molar-refractivity contribution in [2.45, 2.75) is 32.7 Å². The monoisotopic (exact) mass is 208 g/mol. The van der Waals surface area contributed by atoms with Crippen molar-refractivity contribution in [1.29, 1.82) is 0 Å². The third-order valence-corrected chi connectivity index (χ3v) is 2.48. The van der Waals surface area contributed by atoms with Gasteiger partial charge < -0.3 is 14.2 Å². The minimum atomic E-state index is -0.596. The van der Waals surface area contributed by atoms with Crippen LogP contribution in [0.5, 0.6) is 11.5 Å². The maximum Gasteiger partial charge on any atom is 0.205 e. The molecule has 0 N–H and O–H groups in total. The van der Waals surface area contributed by atoms with E-state index in [1.165, 1.54) is 0 Å². The smallest absolute Gasteiger partial charge is 0.205 e. The first-order valence-corrected chi connectivity index (χ1v) is 5.07. The summed E-state index contributed by atoms with van der Waals surface area (Å²) in [6, 6.07) is 5.84. The fourth-order valence-electron chi connectivity index (χ4n) is 1.88. The zero-order chi connectivity index (χ0) is 11.1. The van der Waals surface area contributed by atoms with Crippen molar-refractivity contribution >= 4 is 0 Å². The summed E-state index contributed by atoms with van der Waals surface area (Å²) in [6.07, 6.45) is 0.0267. The van der Waals surface area contributed by atoms with E-state index in [2.05, 4.69) is 0 Å². The lowest BCUT2D eigenvalue weighted by atomic mass is 10.1. The lowest BCUT2D eigenvalue weighted by Crippen LogP contribution is -2.37. The van der Waals surface area contributed by atoms with E-state index >= 15 is 0 Å². The van der Waals surface area contributed by atoms with Gasteiger partial charge >= 0.3 is 0 Å². The van der Waals surface area contributed by atoms with Gasteiger partial charge in [-0.2, -0.15) is 0 Å². The second kappa shape index (κ2) is 3.42. The second-order valence-corrected chi connectivity index (χ2v) is 4.14. The average molecular weight is 208 g/mol. The Morgan fingerprint density at radius 3 is 2.73 bits per heavy atom. The first-order valence-electron chi connectivity index (χ1n) is 5.07. The van der Waals surface area contributed by atoms with Gasteiger partial charge in [-0.3, -0.25) is 0 Å². The Labute approximate surface area is 90.0 Å². The number of benzene rings is 1. The topological polar surface area (TPSA) is 27.7 Å². The van der Waals surface area contributed by atoms with Gasteiger partial charge in [0.05, 0.1) is 13.2 Å². The van der Waals surface area contributed by atoms with Crippen LogP contribution in [0.4, 0.5) is 0 Å². The summed E-state index contributed by atoms with van der Waals surface area (Å²) in [4.78, 5) is 0. The number of rotatable bonds is 1. The molecule has 0 aromatic heterocycles. The van der Waals surface area contributed by atoms with E-state index in [9.17, 15) is 0 Å². The maximum absolute atomic E-state index is 5.76. The number of para-hydroxylation sites is 1. The highest BCUT2D eigenvalue weighted by Crippen LogP contribution is 2.43. The fraction of sp³-hybridized carbons (Fsp3) is 0.500. The van der Waals surface area contributed by atoms with Crippen molar-refractivity contribution in [2.24, 2.45) is 0 Å². The van der Waals surface area contributed by atoms with Gasteiger partial charge in [0.2, 0.25) is 5.79 Å². The van der Waals surface area contributed by atoms with Gasteiger partial charge in [0, 0.05) is 19.4 Å². The van der Waals surface area contributed by atoms with Crippen molar-refractivity contribution < 1.29 is 14.2 Å². The zero-order valence-corrected chi connectivity index (χ0v) is 9.53. The summed E-state index contributed by atoms with van der Waals surface area (Å²) in [5, 5.41) is 0. The van der Waals surface area contributed by atoms with Gasteiger partial charge in [-0.1, -0.05) is 12.1 Å². The average Bonchev–Trinajstić information content (AvgIpc) is 2.15. The number of methoxy groups -OCH3 is 1. The zero-order valence-electron chi connectivity index (χ0n) is 9.53. The van der Waals surface area contributed by atoms with Crippen LogP contribution < -0.4 is 9.47 Å². The first kappa shape index (κ1) is 10.3. The van der Waals surface area contributed by atoms with Gasteiger partial charge in [-0.15, -0.1) is 0 Å². The van der Waals surface area contributed by atoms with Gasteiger partial charge in [-0.25, -0.2) is 0 Å². The molecule has 0 saturated carbocycles. The molecule has 0 radical (unpaired) electrons. The lowest BCUT2D eigenvalue weighted by molar-refractivity contribution is -0.202. The van der Waals surface area contributed by atoms with E-state index in [4.69, 9.17) is 14.2 Å². The second-order valence-electron chi connectivity index (χ2n) is 4.14. The highest BCUT2D eigenvalue weighted by atomic mass is 16.7. The molecule has 1 aliphatic heterocycles. The van der Waals surface area contributed by atoms with Crippen molar-refractivity contribution in [3.63, 3.8) is 0 Å². The van der Waals surface area contributed by atoms with E-state index in [1.54, 1.807) is 7.11 Å². The molecule has 0 aliphatic carbocycles. The maximum atomic E-state index is 5.76. The van der Waals surface area contributed by atoms with Crippen LogP contribution in [0.25, 0.3) is 0 Å². The molecule has 15 heavy (non-hydrogen) atoms. The quantitative estimate of drug-likeness (QED) is 0.710. The molecule has 1 atom stereocenters. The van der Waals surface area contributed by atoms with Crippen molar-refractivity contribution in [1.82, 2.24) is 0 Å². The Bertz CT molecular complexity index is 371. The molecule has 82 valence electrons.